The van der Waals surface area contributed by atoms with Crippen LogP contribution >= 0.6 is 0 Å². The van der Waals surface area contributed by atoms with Crippen LogP contribution in [0.1, 0.15) is 25.3 Å². The summed E-state index contributed by atoms with van der Waals surface area (Å²) in [7, 11) is 1.69. The van der Waals surface area contributed by atoms with Crippen LogP contribution in [0.5, 0.6) is 5.75 Å². The Morgan fingerprint density at radius 1 is 1.50 bits per heavy atom. The number of methoxy groups -OCH3 is 1. The van der Waals surface area contributed by atoms with Gasteiger partial charge in [0.2, 0.25) is 0 Å². The van der Waals surface area contributed by atoms with Crippen LogP contribution in [0.4, 0.5) is 0 Å². The fourth-order valence-electron chi connectivity index (χ4n) is 2.56. The van der Waals surface area contributed by atoms with Gasteiger partial charge in [0.15, 0.2) is 0 Å². The summed E-state index contributed by atoms with van der Waals surface area (Å²) in [6, 6.07) is 8.15. The van der Waals surface area contributed by atoms with Crippen LogP contribution in [0.25, 0.3) is 0 Å². The minimum absolute atomic E-state index is 0.226. The first kappa shape index (κ1) is 13.1. The molecule has 3 heteroatoms. The lowest BCUT2D eigenvalue weighted by molar-refractivity contribution is -0.122. The molecule has 0 aliphatic carbocycles. The molecule has 1 fully saturated rings. The maximum Gasteiger partial charge on any atom is 0.134 e. The Morgan fingerprint density at radius 2 is 2.33 bits per heavy atom. The summed E-state index contributed by atoms with van der Waals surface area (Å²) in [6.45, 7) is 4.59. The van der Waals surface area contributed by atoms with Crippen LogP contribution < -0.4 is 4.74 Å². The Morgan fingerprint density at radius 3 is 3.06 bits per heavy atom. The highest BCUT2D eigenvalue weighted by Crippen LogP contribution is 2.20. The molecule has 0 spiro atoms. The Bertz CT molecular complexity index is 417. The normalized spacial score (nSPS) is 20.7. The van der Waals surface area contributed by atoms with Crippen molar-refractivity contribution in [3.63, 3.8) is 0 Å². The van der Waals surface area contributed by atoms with Gasteiger partial charge in [-0.2, -0.15) is 0 Å². The number of piperidine rings is 1. The number of nitrogens with zero attached hydrogens (tertiary/aromatic N) is 1. The lowest BCUT2D eigenvalue weighted by atomic mass is 9.94. The molecule has 0 bridgehead atoms. The Labute approximate surface area is 109 Å². The maximum atomic E-state index is 11.5. The molecular formula is C15H21NO2. The standard InChI is InChI=1S/C15H21NO2/c1-12(17)14-6-4-8-16(11-14)10-13-5-3-7-15(9-13)18-2/h3,5,7,9,14H,4,6,8,10-11H2,1-2H3. The van der Waals surface area contributed by atoms with E-state index in [0.717, 1.165) is 38.2 Å². The largest absolute Gasteiger partial charge is 0.497 e. The number of ketones is 1. The highest BCUT2D eigenvalue weighted by Gasteiger charge is 2.22. The van der Waals surface area contributed by atoms with E-state index in [2.05, 4.69) is 17.0 Å². The molecular weight excluding hydrogens is 226 g/mol. The third-order valence-electron chi connectivity index (χ3n) is 3.62. The highest BCUT2D eigenvalue weighted by atomic mass is 16.5. The molecule has 1 atom stereocenters. The van der Waals surface area contributed by atoms with Crippen molar-refractivity contribution in [3.8, 4) is 5.75 Å². The first-order valence-electron chi connectivity index (χ1n) is 6.55. The van der Waals surface area contributed by atoms with Crippen LogP contribution in [0.15, 0.2) is 24.3 Å². The zero-order chi connectivity index (χ0) is 13.0. The summed E-state index contributed by atoms with van der Waals surface area (Å²) in [6.07, 6.45) is 2.16. The summed E-state index contributed by atoms with van der Waals surface area (Å²) in [5.41, 5.74) is 1.25. The number of carbonyl (C=O) groups excluding carboxylic acids is 1. The number of likely N-dealkylation sites (tertiary alicyclic amines) is 1. The number of carbonyl (C=O) groups is 1. The SMILES string of the molecule is COc1cccc(CN2CCCC(C(C)=O)C2)c1. The average Bonchev–Trinajstić information content (AvgIpc) is 2.39. The van der Waals surface area contributed by atoms with Crippen molar-refractivity contribution in [3.05, 3.63) is 29.8 Å². The first-order chi connectivity index (χ1) is 8.69. The van der Waals surface area contributed by atoms with Gasteiger partial charge in [0.1, 0.15) is 11.5 Å². The zero-order valence-electron chi connectivity index (χ0n) is 11.2. The molecule has 1 unspecified atom stereocenters. The van der Waals surface area contributed by atoms with Crippen molar-refractivity contribution in [1.82, 2.24) is 4.90 Å². The molecule has 3 nitrogen and oxygen atoms in total. The van der Waals surface area contributed by atoms with Gasteiger partial charge in [-0.15, -0.1) is 0 Å². The van der Waals surface area contributed by atoms with Crippen LogP contribution in [0.2, 0.25) is 0 Å². The van der Waals surface area contributed by atoms with Gasteiger partial charge in [-0.25, -0.2) is 0 Å². The van der Waals surface area contributed by atoms with Crippen molar-refractivity contribution in [1.29, 1.82) is 0 Å². The van der Waals surface area contributed by atoms with Gasteiger partial charge < -0.3 is 4.74 Å². The van der Waals surface area contributed by atoms with E-state index in [9.17, 15) is 4.79 Å². The Kier molecular flexibility index (Phi) is 4.37. The summed E-state index contributed by atoms with van der Waals surface area (Å²) >= 11 is 0. The second-order valence-electron chi connectivity index (χ2n) is 5.04. The van der Waals surface area contributed by atoms with E-state index in [1.165, 1.54) is 5.56 Å². The predicted octanol–water partition coefficient (Wildman–Crippen LogP) is 2.50. The number of hydrogen-bond donors (Lipinski definition) is 0. The first-order valence-corrected chi connectivity index (χ1v) is 6.55. The topological polar surface area (TPSA) is 29.5 Å². The second-order valence-corrected chi connectivity index (χ2v) is 5.04. The molecule has 1 aromatic carbocycles. The van der Waals surface area contributed by atoms with Gasteiger partial charge in [-0.05, 0) is 44.0 Å². The van der Waals surface area contributed by atoms with Gasteiger partial charge in [-0.3, -0.25) is 9.69 Å². The Hall–Kier alpha value is -1.35. The lowest BCUT2D eigenvalue weighted by Crippen LogP contribution is -2.37. The van der Waals surface area contributed by atoms with E-state index in [0.29, 0.717) is 5.78 Å². The van der Waals surface area contributed by atoms with E-state index in [4.69, 9.17) is 4.74 Å². The molecule has 0 saturated carbocycles. The van der Waals surface area contributed by atoms with E-state index >= 15 is 0 Å². The van der Waals surface area contributed by atoms with Crippen molar-refractivity contribution < 1.29 is 9.53 Å². The van der Waals surface area contributed by atoms with Crippen LogP contribution in [0, 0.1) is 5.92 Å². The van der Waals surface area contributed by atoms with E-state index < -0.39 is 0 Å². The number of benzene rings is 1. The molecule has 1 saturated heterocycles. The van der Waals surface area contributed by atoms with E-state index in [-0.39, 0.29) is 5.92 Å². The number of rotatable bonds is 4. The van der Waals surface area contributed by atoms with Gasteiger partial charge in [0.05, 0.1) is 7.11 Å². The fraction of sp³-hybridized carbons (Fsp3) is 0.533. The van der Waals surface area contributed by atoms with E-state index in [1.54, 1.807) is 14.0 Å². The Balaban J connectivity index is 1.97. The third-order valence-corrected chi connectivity index (χ3v) is 3.62. The van der Waals surface area contributed by atoms with Crippen molar-refractivity contribution in [2.24, 2.45) is 5.92 Å². The molecule has 1 heterocycles. The monoisotopic (exact) mass is 247 g/mol. The number of Topliss-reactive ketones (excluding diaryl/α,β-unsaturated/α-hetero) is 1. The van der Waals surface area contributed by atoms with Crippen molar-refractivity contribution in [2.45, 2.75) is 26.3 Å². The second kappa shape index (κ2) is 6.01. The van der Waals surface area contributed by atoms with Gasteiger partial charge in [-0.1, -0.05) is 12.1 Å². The molecule has 0 aromatic heterocycles. The van der Waals surface area contributed by atoms with E-state index in [1.807, 2.05) is 12.1 Å². The highest BCUT2D eigenvalue weighted by molar-refractivity contribution is 5.78. The van der Waals surface area contributed by atoms with Crippen molar-refractivity contribution >= 4 is 5.78 Å². The number of ether oxygens (including phenoxy) is 1. The fourth-order valence-corrected chi connectivity index (χ4v) is 2.56. The molecule has 98 valence electrons. The van der Waals surface area contributed by atoms with Crippen LogP contribution in [0.3, 0.4) is 0 Å². The summed E-state index contributed by atoms with van der Waals surface area (Å²) < 4.78 is 5.23. The molecule has 0 radical (unpaired) electrons. The smallest absolute Gasteiger partial charge is 0.134 e. The summed E-state index contributed by atoms with van der Waals surface area (Å²) in [5, 5.41) is 0. The van der Waals surface area contributed by atoms with Gasteiger partial charge >= 0.3 is 0 Å². The van der Waals surface area contributed by atoms with Gasteiger partial charge in [0, 0.05) is 19.0 Å². The zero-order valence-corrected chi connectivity index (χ0v) is 11.2. The van der Waals surface area contributed by atoms with Gasteiger partial charge in [0.25, 0.3) is 0 Å². The average molecular weight is 247 g/mol. The molecule has 18 heavy (non-hydrogen) atoms. The molecule has 0 amide bonds. The van der Waals surface area contributed by atoms with Crippen LogP contribution in [-0.2, 0) is 11.3 Å². The third kappa shape index (κ3) is 3.33. The number of hydrogen-bond acceptors (Lipinski definition) is 3. The van der Waals surface area contributed by atoms with Crippen LogP contribution in [-0.4, -0.2) is 30.9 Å². The quantitative estimate of drug-likeness (QED) is 0.818. The molecule has 0 N–H and O–H groups in total. The molecule has 1 aliphatic rings. The molecule has 1 aromatic rings. The van der Waals surface area contributed by atoms with Crippen molar-refractivity contribution in [2.75, 3.05) is 20.2 Å². The summed E-state index contributed by atoms with van der Waals surface area (Å²) in [5.74, 6) is 1.45. The summed E-state index contributed by atoms with van der Waals surface area (Å²) in [4.78, 5) is 13.8. The minimum Gasteiger partial charge on any atom is -0.497 e. The lowest BCUT2D eigenvalue weighted by Gasteiger charge is -2.31. The predicted molar refractivity (Wildman–Crippen MR) is 71.7 cm³/mol. The molecule has 1 aliphatic heterocycles. The minimum atomic E-state index is 0.226. The molecule has 2 rings (SSSR count). The maximum absolute atomic E-state index is 11.5.